The minimum atomic E-state index is 0.587. The third kappa shape index (κ3) is 5.70. The third-order valence-corrected chi connectivity index (χ3v) is 12.8. The molecule has 4 nitrogen and oxygen atoms in total. The Morgan fingerprint density at radius 3 is 1.72 bits per heavy atom. The molecule has 12 rings (SSSR count). The van der Waals surface area contributed by atoms with E-state index < -0.39 is 0 Å². The minimum Gasteiger partial charge on any atom is -0.456 e. The van der Waals surface area contributed by atoms with Crippen LogP contribution in [-0.2, 0) is 0 Å². The molecule has 0 amide bonds. The highest BCUT2D eigenvalue weighted by Gasteiger charge is 2.21. The molecular formula is C55H33N3OS. The zero-order valence-corrected chi connectivity index (χ0v) is 33.0. The van der Waals surface area contributed by atoms with Gasteiger partial charge in [-0.25, -0.2) is 15.0 Å². The van der Waals surface area contributed by atoms with Crippen molar-refractivity contribution < 1.29 is 4.42 Å². The van der Waals surface area contributed by atoms with Gasteiger partial charge in [0.1, 0.15) is 11.2 Å². The molecule has 0 atom stereocenters. The number of hydrogen-bond acceptors (Lipinski definition) is 5. The van der Waals surface area contributed by atoms with Gasteiger partial charge in [-0.2, -0.15) is 0 Å². The van der Waals surface area contributed by atoms with Gasteiger partial charge >= 0.3 is 0 Å². The Balaban J connectivity index is 1.01. The number of thiophene rings is 1. The lowest BCUT2D eigenvalue weighted by molar-refractivity contribution is 0.669. The number of fused-ring (bicyclic) bond motifs is 7. The molecule has 0 unspecified atom stereocenters. The molecule has 0 aliphatic rings. The molecule has 0 fully saturated rings. The van der Waals surface area contributed by atoms with Crippen molar-refractivity contribution in [1.29, 1.82) is 0 Å². The van der Waals surface area contributed by atoms with E-state index in [-0.39, 0.29) is 0 Å². The maximum absolute atomic E-state index is 6.53. The second kappa shape index (κ2) is 14.0. The van der Waals surface area contributed by atoms with E-state index in [9.17, 15) is 0 Å². The molecule has 0 spiro atoms. The Morgan fingerprint density at radius 2 is 0.867 bits per heavy atom. The summed E-state index contributed by atoms with van der Waals surface area (Å²) in [4.78, 5) is 15.8. The second-order valence-corrected chi connectivity index (χ2v) is 16.1. The van der Waals surface area contributed by atoms with Gasteiger partial charge < -0.3 is 4.42 Å². The average molecular weight is 784 g/mol. The van der Waals surface area contributed by atoms with Crippen molar-refractivity contribution in [2.24, 2.45) is 0 Å². The number of furan rings is 1. The Morgan fingerprint density at radius 1 is 0.333 bits per heavy atom. The molecule has 280 valence electrons. The van der Waals surface area contributed by atoms with Gasteiger partial charge in [0.2, 0.25) is 0 Å². The maximum Gasteiger partial charge on any atom is 0.164 e. The molecule has 0 N–H and O–H groups in total. The van der Waals surface area contributed by atoms with E-state index in [1.165, 1.54) is 31.3 Å². The van der Waals surface area contributed by atoms with Crippen LogP contribution in [-0.4, -0.2) is 15.0 Å². The SMILES string of the molecule is c1ccc(-c2cccc3oc4cccc(-c5nc(-c6cccc(-c7ccc(-c8cccc9c8sc8ccccc89)cc7)c6)nc(-c6cccc7ccccc67)n5)c4c23)cc1. The van der Waals surface area contributed by atoms with Crippen LogP contribution in [0, 0.1) is 0 Å². The van der Waals surface area contributed by atoms with Gasteiger partial charge in [-0.05, 0) is 68.4 Å². The largest absolute Gasteiger partial charge is 0.456 e. The first-order chi connectivity index (χ1) is 29.7. The van der Waals surface area contributed by atoms with Crippen LogP contribution in [0.3, 0.4) is 0 Å². The Hall–Kier alpha value is -7.73. The van der Waals surface area contributed by atoms with Crippen molar-refractivity contribution in [2.45, 2.75) is 0 Å². The van der Waals surface area contributed by atoms with Crippen LogP contribution < -0.4 is 0 Å². The van der Waals surface area contributed by atoms with Gasteiger partial charge in [-0.3, -0.25) is 0 Å². The van der Waals surface area contributed by atoms with Crippen molar-refractivity contribution >= 4 is 64.2 Å². The second-order valence-electron chi connectivity index (χ2n) is 15.1. The lowest BCUT2D eigenvalue weighted by Crippen LogP contribution is -2.01. The first-order valence-corrected chi connectivity index (χ1v) is 20.9. The predicted molar refractivity (Wildman–Crippen MR) is 250 cm³/mol. The molecule has 3 heterocycles. The zero-order valence-electron chi connectivity index (χ0n) is 32.2. The lowest BCUT2D eigenvalue weighted by Gasteiger charge is -2.12. The summed E-state index contributed by atoms with van der Waals surface area (Å²) in [6.45, 7) is 0. The zero-order chi connectivity index (χ0) is 39.6. The Kier molecular flexibility index (Phi) is 8.00. The third-order valence-electron chi connectivity index (χ3n) is 11.6. The van der Waals surface area contributed by atoms with E-state index in [2.05, 4.69) is 176 Å². The van der Waals surface area contributed by atoms with Gasteiger partial charge in [-0.1, -0.05) is 176 Å². The van der Waals surface area contributed by atoms with Gasteiger partial charge in [0.15, 0.2) is 17.5 Å². The van der Waals surface area contributed by atoms with Gasteiger partial charge in [0.05, 0.1) is 0 Å². The molecule has 0 aliphatic carbocycles. The van der Waals surface area contributed by atoms with Gasteiger partial charge in [-0.15, -0.1) is 11.3 Å². The Labute approximate surface area is 349 Å². The summed E-state index contributed by atoms with van der Waals surface area (Å²) in [7, 11) is 0. The molecule has 9 aromatic carbocycles. The summed E-state index contributed by atoms with van der Waals surface area (Å²) >= 11 is 1.86. The topological polar surface area (TPSA) is 51.8 Å². The molecular weight excluding hydrogens is 751 g/mol. The van der Waals surface area contributed by atoms with E-state index in [4.69, 9.17) is 19.4 Å². The quantitative estimate of drug-likeness (QED) is 0.169. The smallest absolute Gasteiger partial charge is 0.164 e. The van der Waals surface area contributed by atoms with E-state index in [0.717, 1.165) is 71.7 Å². The number of aromatic nitrogens is 3. The first kappa shape index (κ1) is 34.3. The highest BCUT2D eigenvalue weighted by atomic mass is 32.1. The molecule has 0 saturated carbocycles. The van der Waals surface area contributed by atoms with Crippen LogP contribution in [0.1, 0.15) is 0 Å². The number of hydrogen-bond donors (Lipinski definition) is 0. The molecule has 3 aromatic heterocycles. The minimum absolute atomic E-state index is 0.587. The van der Waals surface area contributed by atoms with E-state index in [1.54, 1.807) is 0 Å². The number of rotatable bonds is 6. The number of nitrogens with zero attached hydrogens (tertiary/aromatic N) is 3. The van der Waals surface area contributed by atoms with Crippen LogP contribution in [0.4, 0.5) is 0 Å². The van der Waals surface area contributed by atoms with Crippen molar-refractivity contribution in [1.82, 2.24) is 15.0 Å². The highest BCUT2D eigenvalue weighted by molar-refractivity contribution is 7.26. The van der Waals surface area contributed by atoms with Crippen LogP contribution in [0.25, 0.3) is 120 Å². The van der Waals surface area contributed by atoms with Crippen molar-refractivity contribution in [3.05, 3.63) is 200 Å². The van der Waals surface area contributed by atoms with Crippen molar-refractivity contribution in [2.75, 3.05) is 0 Å². The monoisotopic (exact) mass is 783 g/mol. The van der Waals surface area contributed by atoms with Crippen molar-refractivity contribution in [3.8, 4) is 67.5 Å². The Bertz CT molecular complexity index is 3600. The maximum atomic E-state index is 6.53. The normalized spacial score (nSPS) is 11.7. The molecule has 12 aromatic rings. The fourth-order valence-corrected chi connectivity index (χ4v) is 9.97. The molecule has 0 aliphatic heterocycles. The van der Waals surface area contributed by atoms with Crippen LogP contribution in [0.2, 0.25) is 0 Å². The van der Waals surface area contributed by atoms with Crippen LogP contribution in [0.15, 0.2) is 205 Å². The fraction of sp³-hybridized carbons (Fsp3) is 0. The van der Waals surface area contributed by atoms with E-state index >= 15 is 0 Å². The first-order valence-electron chi connectivity index (χ1n) is 20.1. The van der Waals surface area contributed by atoms with Crippen LogP contribution >= 0.6 is 11.3 Å². The molecule has 0 radical (unpaired) electrons. The summed E-state index contributed by atoms with van der Waals surface area (Å²) in [6.07, 6.45) is 0. The fourth-order valence-electron chi connectivity index (χ4n) is 8.73. The van der Waals surface area contributed by atoms with E-state index in [1.807, 2.05) is 35.6 Å². The molecule has 60 heavy (non-hydrogen) atoms. The summed E-state index contributed by atoms with van der Waals surface area (Å²) in [5.74, 6) is 1.81. The molecule has 0 saturated heterocycles. The summed E-state index contributed by atoms with van der Waals surface area (Å²) < 4.78 is 9.16. The molecule has 5 heteroatoms. The van der Waals surface area contributed by atoms with Crippen LogP contribution in [0.5, 0.6) is 0 Å². The van der Waals surface area contributed by atoms with Crippen molar-refractivity contribution in [3.63, 3.8) is 0 Å². The average Bonchev–Trinajstić information content (AvgIpc) is 3.91. The number of benzene rings is 9. The van der Waals surface area contributed by atoms with Gasteiger partial charge in [0, 0.05) is 47.6 Å². The standard InChI is InChI=1S/C55H33N3OS/c1-2-13-36(14-3-1)41-21-11-26-47-50(41)51-46(25-12-27-48(51)59-47)55-57-53(56-54(58-55)45-24-9-16-35-15-4-5-19-40(35)45)39-18-8-17-38(33-39)34-29-31-37(32-30-34)42-22-10-23-44-43-20-6-7-28-49(43)60-52(42)44/h1-33H. The van der Waals surface area contributed by atoms with E-state index in [0.29, 0.717) is 17.5 Å². The van der Waals surface area contributed by atoms with Gasteiger partial charge in [0.25, 0.3) is 0 Å². The summed E-state index contributed by atoms with van der Waals surface area (Å²) in [5.41, 5.74) is 11.2. The lowest BCUT2D eigenvalue weighted by atomic mass is 9.97. The summed E-state index contributed by atoms with van der Waals surface area (Å²) in [5, 5.41) is 6.85. The summed E-state index contributed by atoms with van der Waals surface area (Å²) in [6, 6.07) is 70.3. The molecule has 0 bridgehead atoms. The predicted octanol–water partition coefficient (Wildman–Crippen LogP) is 15.3. The highest BCUT2D eigenvalue weighted by Crippen LogP contribution is 2.43.